The fourth-order valence-electron chi connectivity index (χ4n) is 4.96. The lowest BCUT2D eigenvalue weighted by Gasteiger charge is -2.48. The van der Waals surface area contributed by atoms with Crippen LogP contribution in [0.2, 0.25) is 0 Å². The topological polar surface area (TPSA) is 96.9 Å². The lowest BCUT2D eigenvalue weighted by Crippen LogP contribution is -2.65. The Morgan fingerprint density at radius 2 is 1.87 bits per heavy atom. The first-order chi connectivity index (χ1) is 15.0. The van der Waals surface area contributed by atoms with Crippen LogP contribution in [-0.2, 0) is 0 Å². The molecule has 3 aliphatic rings. The summed E-state index contributed by atoms with van der Waals surface area (Å²) in [5, 5.41) is 25.6. The molecule has 0 spiro atoms. The Bertz CT molecular complexity index is 974. The zero-order valence-corrected chi connectivity index (χ0v) is 18.0. The van der Waals surface area contributed by atoms with Crippen molar-refractivity contribution in [2.75, 3.05) is 49.5 Å². The first-order valence-electron chi connectivity index (χ1n) is 11.0. The standard InChI is InChI=1S/C22H29N7O2/c1-14-10-23-11-15(2)29(14)22(31)27-7-8-28-16(13-27)12-24-21-19(28)9-18(25-26-21)17-5-3-4-6-20(17)30/h3-6,9,14-16,23,30H,7-8,10-13H2,1-2H3,(H,24,26)/t14-,15+,16-/m0/s1. The van der Waals surface area contributed by atoms with E-state index in [2.05, 4.69) is 39.6 Å². The molecule has 9 heteroatoms. The number of phenolic OH excluding ortho intramolecular Hbond substituents is 1. The van der Waals surface area contributed by atoms with Gasteiger partial charge >= 0.3 is 6.03 Å². The van der Waals surface area contributed by atoms with Crippen LogP contribution in [0.15, 0.2) is 30.3 Å². The Morgan fingerprint density at radius 3 is 2.65 bits per heavy atom. The first kappa shape index (κ1) is 19.9. The highest BCUT2D eigenvalue weighted by Crippen LogP contribution is 2.36. The van der Waals surface area contributed by atoms with Crippen molar-refractivity contribution in [3.8, 4) is 17.0 Å². The maximum atomic E-state index is 13.3. The Kier molecular flexibility index (Phi) is 5.05. The van der Waals surface area contributed by atoms with E-state index in [-0.39, 0.29) is 29.9 Å². The number of aromatic nitrogens is 2. The van der Waals surface area contributed by atoms with Crippen molar-refractivity contribution in [1.29, 1.82) is 0 Å². The Morgan fingerprint density at radius 1 is 1.10 bits per heavy atom. The summed E-state index contributed by atoms with van der Waals surface area (Å²) in [5.74, 6) is 0.936. The van der Waals surface area contributed by atoms with Gasteiger partial charge in [0.15, 0.2) is 5.82 Å². The van der Waals surface area contributed by atoms with E-state index in [4.69, 9.17) is 0 Å². The third-order valence-electron chi connectivity index (χ3n) is 6.57. The van der Waals surface area contributed by atoms with Gasteiger partial charge in [0.2, 0.25) is 0 Å². The number of carbonyl (C=O) groups is 1. The van der Waals surface area contributed by atoms with Crippen molar-refractivity contribution in [3.63, 3.8) is 0 Å². The normalized spacial score (nSPS) is 25.5. The number of para-hydroxylation sites is 1. The van der Waals surface area contributed by atoms with Crippen molar-refractivity contribution in [3.05, 3.63) is 30.3 Å². The molecule has 2 aromatic rings. The number of benzene rings is 1. The summed E-state index contributed by atoms with van der Waals surface area (Å²) in [7, 11) is 0. The summed E-state index contributed by atoms with van der Waals surface area (Å²) in [4.78, 5) is 19.6. The number of urea groups is 1. The van der Waals surface area contributed by atoms with Gasteiger partial charge in [0, 0.05) is 56.9 Å². The predicted molar refractivity (Wildman–Crippen MR) is 119 cm³/mol. The largest absolute Gasteiger partial charge is 0.507 e. The first-order valence-corrected chi connectivity index (χ1v) is 11.0. The van der Waals surface area contributed by atoms with E-state index in [1.54, 1.807) is 12.1 Å². The summed E-state index contributed by atoms with van der Waals surface area (Å²) < 4.78 is 0. The molecule has 164 valence electrons. The van der Waals surface area contributed by atoms with E-state index in [0.717, 1.165) is 31.1 Å². The van der Waals surface area contributed by atoms with Gasteiger partial charge in [-0.25, -0.2) is 4.79 Å². The van der Waals surface area contributed by atoms with E-state index >= 15 is 0 Å². The van der Waals surface area contributed by atoms with E-state index < -0.39 is 0 Å². The summed E-state index contributed by atoms with van der Waals surface area (Å²) in [5.41, 5.74) is 2.28. The van der Waals surface area contributed by atoms with Crippen LogP contribution in [0, 0.1) is 0 Å². The number of amides is 2. The number of anilines is 2. The van der Waals surface area contributed by atoms with Gasteiger partial charge < -0.3 is 30.4 Å². The maximum Gasteiger partial charge on any atom is 0.320 e. The Labute approximate surface area is 182 Å². The Hall–Kier alpha value is -3.07. The van der Waals surface area contributed by atoms with Gasteiger partial charge in [-0.1, -0.05) is 12.1 Å². The third kappa shape index (κ3) is 3.52. The Balaban J connectivity index is 1.36. The lowest BCUT2D eigenvalue weighted by atomic mass is 10.1. The predicted octanol–water partition coefficient (Wildman–Crippen LogP) is 1.57. The molecule has 31 heavy (non-hydrogen) atoms. The number of nitrogens with one attached hydrogen (secondary N) is 2. The van der Waals surface area contributed by atoms with Crippen LogP contribution in [0.25, 0.3) is 11.3 Å². The van der Waals surface area contributed by atoms with Crippen LogP contribution < -0.4 is 15.5 Å². The summed E-state index contributed by atoms with van der Waals surface area (Å²) >= 11 is 0. The second kappa shape index (κ2) is 7.88. The molecule has 2 fully saturated rings. The van der Waals surface area contributed by atoms with Crippen molar-refractivity contribution in [1.82, 2.24) is 25.3 Å². The second-order valence-corrected chi connectivity index (χ2v) is 8.70. The minimum absolute atomic E-state index is 0.134. The number of phenols is 1. The molecular weight excluding hydrogens is 394 g/mol. The quantitative estimate of drug-likeness (QED) is 0.641. The summed E-state index contributed by atoms with van der Waals surface area (Å²) in [6.45, 7) is 8.68. The smallest absolute Gasteiger partial charge is 0.320 e. The van der Waals surface area contributed by atoms with Gasteiger partial charge in [-0.2, -0.15) is 0 Å². The molecule has 0 unspecified atom stereocenters. The fourth-order valence-corrected chi connectivity index (χ4v) is 4.96. The van der Waals surface area contributed by atoms with Crippen molar-refractivity contribution in [2.45, 2.75) is 32.0 Å². The van der Waals surface area contributed by atoms with Crippen LogP contribution in [0.1, 0.15) is 13.8 Å². The SMILES string of the molecule is C[C@@H]1CNC[C@H](C)N1C(=O)N1CCN2c3cc(-c4ccccc4O)nnc3NC[C@H]2C1. The fraction of sp³-hybridized carbons (Fsp3) is 0.500. The molecule has 0 bridgehead atoms. The number of hydrogen-bond acceptors (Lipinski definition) is 7. The van der Waals surface area contributed by atoms with Crippen molar-refractivity contribution >= 4 is 17.5 Å². The third-order valence-corrected chi connectivity index (χ3v) is 6.57. The molecule has 0 saturated carbocycles. The molecule has 2 amide bonds. The van der Waals surface area contributed by atoms with E-state index in [1.165, 1.54) is 0 Å². The molecule has 3 atom stereocenters. The molecular formula is C22H29N7O2. The summed E-state index contributed by atoms with van der Waals surface area (Å²) in [6.07, 6.45) is 0. The van der Waals surface area contributed by atoms with Gasteiger partial charge in [0.05, 0.1) is 17.4 Å². The van der Waals surface area contributed by atoms with Crippen LogP contribution in [0.3, 0.4) is 0 Å². The van der Waals surface area contributed by atoms with Crippen molar-refractivity contribution in [2.24, 2.45) is 0 Å². The van der Waals surface area contributed by atoms with Gasteiger partial charge in [-0.3, -0.25) is 0 Å². The van der Waals surface area contributed by atoms with Crippen molar-refractivity contribution < 1.29 is 9.90 Å². The van der Waals surface area contributed by atoms with Crippen LogP contribution >= 0.6 is 0 Å². The molecule has 0 radical (unpaired) electrons. The highest BCUT2D eigenvalue weighted by molar-refractivity contribution is 5.78. The molecule has 4 heterocycles. The average Bonchev–Trinajstić information content (AvgIpc) is 2.78. The maximum absolute atomic E-state index is 13.3. The minimum atomic E-state index is 0.134. The molecule has 2 saturated heterocycles. The number of rotatable bonds is 1. The zero-order valence-electron chi connectivity index (χ0n) is 18.0. The van der Waals surface area contributed by atoms with Gasteiger partial charge in [-0.05, 0) is 32.0 Å². The van der Waals surface area contributed by atoms with Gasteiger partial charge in [0.1, 0.15) is 5.75 Å². The number of aromatic hydroxyl groups is 1. The number of piperazine rings is 2. The number of hydrogen-bond donors (Lipinski definition) is 3. The number of fused-ring (bicyclic) bond motifs is 3. The summed E-state index contributed by atoms with van der Waals surface area (Å²) in [6, 6.07) is 9.82. The average molecular weight is 424 g/mol. The number of carbonyl (C=O) groups excluding carboxylic acids is 1. The van der Waals surface area contributed by atoms with E-state index in [0.29, 0.717) is 30.9 Å². The lowest BCUT2D eigenvalue weighted by molar-refractivity contribution is 0.0939. The molecule has 9 nitrogen and oxygen atoms in total. The van der Waals surface area contributed by atoms with Crippen LogP contribution in [0.5, 0.6) is 5.75 Å². The molecule has 5 rings (SSSR count). The monoisotopic (exact) mass is 423 g/mol. The molecule has 1 aromatic heterocycles. The van der Waals surface area contributed by atoms with Crippen LogP contribution in [-0.4, -0.2) is 88.5 Å². The molecule has 3 aliphatic heterocycles. The van der Waals surface area contributed by atoms with E-state index in [1.807, 2.05) is 28.0 Å². The van der Waals surface area contributed by atoms with Gasteiger partial charge in [0.25, 0.3) is 0 Å². The molecule has 1 aromatic carbocycles. The second-order valence-electron chi connectivity index (χ2n) is 8.70. The molecule has 3 N–H and O–H groups in total. The minimum Gasteiger partial charge on any atom is -0.507 e. The highest BCUT2D eigenvalue weighted by atomic mass is 16.3. The van der Waals surface area contributed by atoms with Crippen LogP contribution in [0.4, 0.5) is 16.3 Å². The van der Waals surface area contributed by atoms with Gasteiger partial charge in [-0.15, -0.1) is 10.2 Å². The highest BCUT2D eigenvalue weighted by Gasteiger charge is 2.38. The van der Waals surface area contributed by atoms with E-state index in [9.17, 15) is 9.90 Å². The zero-order chi connectivity index (χ0) is 21.5. The number of nitrogens with zero attached hydrogens (tertiary/aromatic N) is 5. The molecule has 0 aliphatic carbocycles.